The van der Waals surface area contributed by atoms with Gasteiger partial charge in [-0.3, -0.25) is 4.98 Å². The van der Waals surface area contributed by atoms with Gasteiger partial charge in [0, 0.05) is 16.6 Å². The third-order valence-electron chi connectivity index (χ3n) is 2.27. The maximum Gasteiger partial charge on any atom is 0.146 e. The van der Waals surface area contributed by atoms with E-state index < -0.39 is 0 Å². The molecule has 0 fully saturated rings. The SMILES string of the molecule is CC(C)[C@H](C)c1ncc(Br)cc1F. The molecule has 1 aromatic heterocycles. The van der Waals surface area contributed by atoms with Gasteiger partial charge in [0.25, 0.3) is 0 Å². The Kier molecular flexibility index (Phi) is 3.42. The molecule has 1 heterocycles. The van der Waals surface area contributed by atoms with Gasteiger partial charge in [0.1, 0.15) is 5.82 Å². The molecule has 1 nitrogen and oxygen atoms in total. The summed E-state index contributed by atoms with van der Waals surface area (Å²) in [5.74, 6) is 0.340. The van der Waals surface area contributed by atoms with Crippen molar-refractivity contribution >= 4 is 15.9 Å². The molecule has 0 unspecified atom stereocenters. The molecule has 0 aromatic carbocycles. The first-order chi connectivity index (χ1) is 6.02. The fourth-order valence-electron chi connectivity index (χ4n) is 1.08. The summed E-state index contributed by atoms with van der Waals surface area (Å²) in [6.45, 7) is 6.12. The Hall–Kier alpha value is -0.440. The first kappa shape index (κ1) is 10.6. The van der Waals surface area contributed by atoms with Gasteiger partial charge in [0.15, 0.2) is 0 Å². The highest BCUT2D eigenvalue weighted by molar-refractivity contribution is 9.10. The lowest BCUT2D eigenvalue weighted by Gasteiger charge is -2.15. The predicted molar refractivity (Wildman–Crippen MR) is 55.1 cm³/mol. The van der Waals surface area contributed by atoms with Crippen LogP contribution in [0.2, 0.25) is 0 Å². The second-order valence-corrected chi connectivity index (χ2v) is 4.47. The van der Waals surface area contributed by atoms with Crippen LogP contribution in [0.4, 0.5) is 4.39 Å². The number of halogens is 2. The summed E-state index contributed by atoms with van der Waals surface area (Å²) in [5, 5.41) is 0. The number of hydrogen-bond acceptors (Lipinski definition) is 1. The van der Waals surface area contributed by atoms with Crippen LogP contribution in [0, 0.1) is 11.7 Å². The zero-order chi connectivity index (χ0) is 10.0. The number of hydrogen-bond donors (Lipinski definition) is 0. The molecule has 0 radical (unpaired) electrons. The van der Waals surface area contributed by atoms with Crippen LogP contribution in [0.15, 0.2) is 16.7 Å². The van der Waals surface area contributed by atoms with Crippen molar-refractivity contribution in [3.8, 4) is 0 Å². The Balaban J connectivity index is 3.01. The van der Waals surface area contributed by atoms with Crippen LogP contribution in [-0.4, -0.2) is 4.98 Å². The molecule has 0 saturated heterocycles. The van der Waals surface area contributed by atoms with Crippen LogP contribution in [0.25, 0.3) is 0 Å². The molecule has 0 bridgehead atoms. The van der Waals surface area contributed by atoms with E-state index in [1.165, 1.54) is 6.07 Å². The number of nitrogens with zero attached hydrogens (tertiary/aromatic N) is 1. The molecule has 0 saturated carbocycles. The van der Waals surface area contributed by atoms with Gasteiger partial charge in [-0.05, 0) is 27.9 Å². The first-order valence-corrected chi connectivity index (χ1v) is 5.12. The number of rotatable bonds is 2. The number of pyridine rings is 1. The van der Waals surface area contributed by atoms with E-state index in [-0.39, 0.29) is 11.7 Å². The summed E-state index contributed by atoms with van der Waals surface area (Å²) in [6, 6.07) is 1.46. The van der Waals surface area contributed by atoms with E-state index in [4.69, 9.17) is 0 Å². The monoisotopic (exact) mass is 245 g/mol. The van der Waals surface area contributed by atoms with Crippen LogP contribution in [0.5, 0.6) is 0 Å². The van der Waals surface area contributed by atoms with Gasteiger partial charge < -0.3 is 0 Å². The van der Waals surface area contributed by atoms with Crippen molar-refractivity contribution in [2.45, 2.75) is 26.7 Å². The van der Waals surface area contributed by atoms with Crippen LogP contribution in [0.1, 0.15) is 32.4 Å². The Morgan fingerprint density at radius 1 is 1.38 bits per heavy atom. The number of aromatic nitrogens is 1. The molecule has 3 heteroatoms. The van der Waals surface area contributed by atoms with Crippen LogP contribution < -0.4 is 0 Å². The van der Waals surface area contributed by atoms with E-state index in [1.54, 1.807) is 6.20 Å². The molecule has 0 spiro atoms. The maximum absolute atomic E-state index is 13.4. The van der Waals surface area contributed by atoms with Gasteiger partial charge in [-0.1, -0.05) is 20.8 Å². The Morgan fingerprint density at radius 2 is 2.00 bits per heavy atom. The minimum Gasteiger partial charge on any atom is -0.257 e. The van der Waals surface area contributed by atoms with Gasteiger partial charge in [-0.25, -0.2) is 4.39 Å². The molecule has 0 aliphatic heterocycles. The van der Waals surface area contributed by atoms with Crippen LogP contribution in [-0.2, 0) is 0 Å². The third kappa shape index (κ3) is 2.50. The minimum absolute atomic E-state index is 0.160. The quantitative estimate of drug-likeness (QED) is 0.774. The highest BCUT2D eigenvalue weighted by Gasteiger charge is 2.15. The Morgan fingerprint density at radius 3 is 2.46 bits per heavy atom. The molecule has 72 valence electrons. The van der Waals surface area contributed by atoms with E-state index in [0.29, 0.717) is 16.1 Å². The summed E-state index contributed by atoms with van der Waals surface area (Å²) in [4.78, 5) is 4.08. The van der Waals surface area contributed by atoms with Crippen molar-refractivity contribution in [1.82, 2.24) is 4.98 Å². The second kappa shape index (κ2) is 4.18. The highest BCUT2D eigenvalue weighted by atomic mass is 79.9. The standard InChI is InChI=1S/C10H13BrFN/c1-6(2)7(3)10-9(12)4-8(11)5-13-10/h4-7H,1-3H3/t7-/m0/s1. The average molecular weight is 246 g/mol. The lowest BCUT2D eigenvalue weighted by atomic mass is 9.94. The van der Waals surface area contributed by atoms with E-state index in [0.717, 1.165) is 0 Å². The van der Waals surface area contributed by atoms with E-state index in [1.807, 2.05) is 6.92 Å². The van der Waals surface area contributed by atoms with Gasteiger partial charge in [-0.2, -0.15) is 0 Å². The van der Waals surface area contributed by atoms with Gasteiger partial charge in [-0.15, -0.1) is 0 Å². The molecule has 1 atom stereocenters. The van der Waals surface area contributed by atoms with E-state index >= 15 is 0 Å². The molecular formula is C10H13BrFN. The van der Waals surface area contributed by atoms with Crippen molar-refractivity contribution in [2.75, 3.05) is 0 Å². The Bertz CT molecular complexity index is 299. The molecule has 0 aliphatic rings. The second-order valence-electron chi connectivity index (χ2n) is 3.55. The lowest BCUT2D eigenvalue weighted by Crippen LogP contribution is -2.06. The molecule has 1 rings (SSSR count). The van der Waals surface area contributed by atoms with Crippen LogP contribution >= 0.6 is 15.9 Å². The topological polar surface area (TPSA) is 12.9 Å². The summed E-state index contributed by atoms with van der Waals surface area (Å²) in [5.41, 5.74) is 0.554. The minimum atomic E-state index is -0.226. The fraction of sp³-hybridized carbons (Fsp3) is 0.500. The summed E-state index contributed by atoms with van der Waals surface area (Å²) in [7, 11) is 0. The summed E-state index contributed by atoms with van der Waals surface area (Å²) < 4.78 is 14.1. The zero-order valence-electron chi connectivity index (χ0n) is 8.01. The smallest absolute Gasteiger partial charge is 0.146 e. The van der Waals surface area contributed by atoms with Crippen molar-refractivity contribution < 1.29 is 4.39 Å². The van der Waals surface area contributed by atoms with Crippen molar-refractivity contribution in [3.05, 3.63) is 28.2 Å². The summed E-state index contributed by atoms with van der Waals surface area (Å²) in [6.07, 6.45) is 1.64. The molecular weight excluding hydrogens is 233 g/mol. The van der Waals surface area contributed by atoms with Crippen LogP contribution in [0.3, 0.4) is 0 Å². The fourth-order valence-corrected chi connectivity index (χ4v) is 1.38. The molecule has 0 aliphatic carbocycles. The van der Waals surface area contributed by atoms with Crippen molar-refractivity contribution in [2.24, 2.45) is 5.92 Å². The van der Waals surface area contributed by atoms with Gasteiger partial charge in [0.05, 0.1) is 5.69 Å². The van der Waals surface area contributed by atoms with E-state index in [2.05, 4.69) is 34.8 Å². The third-order valence-corrected chi connectivity index (χ3v) is 2.70. The highest BCUT2D eigenvalue weighted by Crippen LogP contribution is 2.25. The first-order valence-electron chi connectivity index (χ1n) is 4.33. The van der Waals surface area contributed by atoms with Crippen molar-refractivity contribution in [1.29, 1.82) is 0 Å². The predicted octanol–water partition coefficient (Wildman–Crippen LogP) is 3.74. The van der Waals surface area contributed by atoms with E-state index in [9.17, 15) is 4.39 Å². The lowest BCUT2D eigenvalue weighted by molar-refractivity contribution is 0.487. The molecule has 0 amide bonds. The molecule has 0 N–H and O–H groups in total. The van der Waals surface area contributed by atoms with Gasteiger partial charge >= 0.3 is 0 Å². The zero-order valence-corrected chi connectivity index (χ0v) is 9.60. The summed E-state index contributed by atoms with van der Waals surface area (Å²) >= 11 is 3.18. The molecule has 13 heavy (non-hydrogen) atoms. The molecule has 1 aromatic rings. The normalized spacial score (nSPS) is 13.4. The van der Waals surface area contributed by atoms with Crippen molar-refractivity contribution in [3.63, 3.8) is 0 Å². The average Bonchev–Trinajstić information content (AvgIpc) is 2.03. The van der Waals surface area contributed by atoms with Gasteiger partial charge in [0.2, 0.25) is 0 Å². The Labute approximate surface area is 86.5 Å². The maximum atomic E-state index is 13.4. The largest absolute Gasteiger partial charge is 0.257 e.